The number of hydrogen-bond donors (Lipinski definition) is 1. The molecule has 0 saturated carbocycles. The Bertz CT molecular complexity index is 205. The van der Waals surface area contributed by atoms with Crippen LogP contribution < -0.4 is 0 Å². The Morgan fingerprint density at radius 2 is 2.33 bits per heavy atom. The molecule has 0 amide bonds. The number of thiophene rings is 1. The number of fused-ring (bicyclic) bond motifs is 1. The molecule has 1 aromatic heterocycles. The number of hydrogen-bond acceptors (Lipinski definition) is 2. The van der Waals surface area contributed by atoms with Crippen molar-refractivity contribution < 1.29 is 5.11 Å². The average Bonchev–Trinajstić information content (AvgIpc) is 2.22. The molecule has 2 heteroatoms. The molecule has 0 aliphatic heterocycles. The minimum atomic E-state index is 0.486. The predicted molar refractivity (Wildman–Crippen MR) is 38.0 cm³/mol. The molecule has 1 aromatic rings. The fraction of sp³-hybridized carbons (Fsp3) is 0.429. The molecule has 0 bridgehead atoms. The molecule has 0 unspecified atom stereocenters. The van der Waals surface area contributed by atoms with Crippen LogP contribution in [0.5, 0.6) is 5.06 Å². The normalized spacial score (nSPS) is 16.0. The summed E-state index contributed by atoms with van der Waals surface area (Å²) in [5.41, 5.74) is 1.37. The third kappa shape index (κ3) is 0.741. The summed E-state index contributed by atoms with van der Waals surface area (Å²) in [7, 11) is 0. The van der Waals surface area contributed by atoms with E-state index in [4.69, 9.17) is 5.11 Å². The molecule has 0 aromatic carbocycles. The van der Waals surface area contributed by atoms with E-state index in [1.165, 1.54) is 41.0 Å². The summed E-state index contributed by atoms with van der Waals surface area (Å²) in [4.78, 5) is 1.40. The molecule has 0 saturated heterocycles. The molecule has 0 fully saturated rings. The van der Waals surface area contributed by atoms with Gasteiger partial charge in [0, 0.05) is 4.88 Å². The Kier molecular flexibility index (Phi) is 1.02. The van der Waals surface area contributed by atoms with E-state index in [0.717, 1.165) is 0 Å². The number of aromatic hydroxyl groups is 1. The van der Waals surface area contributed by atoms with Crippen molar-refractivity contribution in [3.05, 3.63) is 16.5 Å². The molecular weight excluding hydrogens is 132 g/mol. The molecule has 1 N–H and O–H groups in total. The van der Waals surface area contributed by atoms with E-state index in [0.29, 0.717) is 5.06 Å². The zero-order valence-electron chi connectivity index (χ0n) is 5.05. The lowest BCUT2D eigenvalue weighted by molar-refractivity contribution is 0.490. The first-order valence-corrected chi connectivity index (χ1v) is 3.98. The van der Waals surface area contributed by atoms with Crippen LogP contribution in [0.25, 0.3) is 0 Å². The molecule has 1 heterocycles. The van der Waals surface area contributed by atoms with Crippen molar-refractivity contribution in [2.24, 2.45) is 0 Å². The maximum Gasteiger partial charge on any atom is 0.171 e. The lowest BCUT2D eigenvalue weighted by atomic mass is 10.3. The summed E-state index contributed by atoms with van der Waals surface area (Å²) < 4.78 is 0. The summed E-state index contributed by atoms with van der Waals surface area (Å²) in [6.07, 6.45) is 3.63. The van der Waals surface area contributed by atoms with Gasteiger partial charge in [-0.05, 0) is 30.9 Å². The Morgan fingerprint density at radius 1 is 1.44 bits per heavy atom. The predicted octanol–water partition coefficient (Wildman–Crippen LogP) is 1.94. The van der Waals surface area contributed by atoms with Crippen molar-refractivity contribution in [2.75, 3.05) is 0 Å². The Labute approximate surface area is 58.0 Å². The smallest absolute Gasteiger partial charge is 0.171 e. The molecule has 0 radical (unpaired) electrons. The van der Waals surface area contributed by atoms with Gasteiger partial charge in [-0.25, -0.2) is 0 Å². The minimum absolute atomic E-state index is 0.486. The first-order valence-electron chi connectivity index (χ1n) is 3.17. The molecular formula is C7H8OS. The SMILES string of the molecule is Oc1cc2c(s1)CCC2. The van der Waals surface area contributed by atoms with Crippen molar-refractivity contribution in [1.82, 2.24) is 0 Å². The first kappa shape index (κ1) is 5.30. The second-order valence-corrected chi connectivity index (χ2v) is 3.50. The van der Waals surface area contributed by atoms with Gasteiger partial charge < -0.3 is 5.11 Å². The van der Waals surface area contributed by atoms with Gasteiger partial charge in [-0.3, -0.25) is 0 Å². The Balaban J connectivity index is 2.51. The average molecular weight is 140 g/mol. The van der Waals surface area contributed by atoms with E-state index in [1.807, 2.05) is 6.07 Å². The van der Waals surface area contributed by atoms with E-state index in [9.17, 15) is 0 Å². The Hall–Kier alpha value is -0.500. The zero-order valence-corrected chi connectivity index (χ0v) is 5.87. The van der Waals surface area contributed by atoms with Gasteiger partial charge in [0.2, 0.25) is 0 Å². The fourth-order valence-corrected chi connectivity index (χ4v) is 2.31. The molecule has 1 nitrogen and oxygen atoms in total. The van der Waals surface area contributed by atoms with Crippen molar-refractivity contribution in [2.45, 2.75) is 19.3 Å². The summed E-state index contributed by atoms with van der Waals surface area (Å²) in [5, 5.41) is 9.50. The lowest BCUT2D eigenvalue weighted by Crippen LogP contribution is -1.67. The molecule has 1 aliphatic rings. The maximum atomic E-state index is 9.02. The highest BCUT2D eigenvalue weighted by Crippen LogP contribution is 2.34. The highest BCUT2D eigenvalue weighted by molar-refractivity contribution is 7.13. The van der Waals surface area contributed by atoms with Gasteiger partial charge >= 0.3 is 0 Å². The lowest BCUT2D eigenvalue weighted by Gasteiger charge is -1.80. The Morgan fingerprint density at radius 3 is 3.11 bits per heavy atom. The summed E-state index contributed by atoms with van der Waals surface area (Å²) in [5.74, 6) is 0. The second-order valence-electron chi connectivity index (χ2n) is 2.39. The van der Waals surface area contributed by atoms with Crippen molar-refractivity contribution in [3.8, 4) is 5.06 Å². The summed E-state index contributed by atoms with van der Waals surface area (Å²) >= 11 is 1.53. The van der Waals surface area contributed by atoms with E-state index in [2.05, 4.69) is 0 Å². The molecule has 0 atom stereocenters. The van der Waals surface area contributed by atoms with Crippen LogP contribution in [0.3, 0.4) is 0 Å². The van der Waals surface area contributed by atoms with Crippen LogP contribution >= 0.6 is 11.3 Å². The quantitative estimate of drug-likeness (QED) is 0.584. The van der Waals surface area contributed by atoms with Crippen molar-refractivity contribution in [1.29, 1.82) is 0 Å². The van der Waals surface area contributed by atoms with Crippen molar-refractivity contribution in [3.63, 3.8) is 0 Å². The van der Waals surface area contributed by atoms with Gasteiger partial charge in [-0.2, -0.15) is 0 Å². The van der Waals surface area contributed by atoms with Crippen LogP contribution in [0.15, 0.2) is 6.07 Å². The number of aryl methyl sites for hydroxylation is 2. The molecule has 48 valence electrons. The second kappa shape index (κ2) is 1.74. The van der Waals surface area contributed by atoms with E-state index in [-0.39, 0.29) is 0 Å². The van der Waals surface area contributed by atoms with Crippen molar-refractivity contribution >= 4 is 11.3 Å². The largest absolute Gasteiger partial charge is 0.499 e. The van der Waals surface area contributed by atoms with Crippen LogP contribution in [0.1, 0.15) is 16.9 Å². The van der Waals surface area contributed by atoms with Crippen LogP contribution in [-0.4, -0.2) is 5.11 Å². The van der Waals surface area contributed by atoms with E-state index >= 15 is 0 Å². The fourth-order valence-electron chi connectivity index (χ4n) is 1.31. The summed E-state index contributed by atoms with van der Waals surface area (Å²) in [6, 6.07) is 1.90. The van der Waals surface area contributed by atoms with Gasteiger partial charge in [0.25, 0.3) is 0 Å². The topological polar surface area (TPSA) is 20.2 Å². The standard InChI is InChI=1S/C7H8OS/c8-7-4-5-2-1-3-6(5)9-7/h4,8H,1-3H2. The number of rotatable bonds is 0. The van der Waals surface area contributed by atoms with Gasteiger partial charge in [0.1, 0.15) is 0 Å². The van der Waals surface area contributed by atoms with Crippen LogP contribution in [0.4, 0.5) is 0 Å². The van der Waals surface area contributed by atoms with Crippen LogP contribution in [0.2, 0.25) is 0 Å². The third-order valence-electron chi connectivity index (χ3n) is 1.73. The maximum absolute atomic E-state index is 9.02. The zero-order chi connectivity index (χ0) is 6.27. The minimum Gasteiger partial charge on any atom is -0.499 e. The van der Waals surface area contributed by atoms with E-state index < -0.39 is 0 Å². The molecule has 9 heavy (non-hydrogen) atoms. The third-order valence-corrected chi connectivity index (χ3v) is 2.77. The first-order chi connectivity index (χ1) is 4.36. The summed E-state index contributed by atoms with van der Waals surface area (Å²) in [6.45, 7) is 0. The van der Waals surface area contributed by atoms with Gasteiger partial charge in [-0.15, -0.1) is 11.3 Å². The van der Waals surface area contributed by atoms with Crippen LogP contribution in [0, 0.1) is 0 Å². The molecule has 2 rings (SSSR count). The molecule has 0 spiro atoms. The van der Waals surface area contributed by atoms with Gasteiger partial charge in [0.15, 0.2) is 5.06 Å². The van der Waals surface area contributed by atoms with Gasteiger partial charge in [-0.1, -0.05) is 0 Å². The van der Waals surface area contributed by atoms with Gasteiger partial charge in [0.05, 0.1) is 0 Å². The monoisotopic (exact) mass is 140 g/mol. The highest BCUT2D eigenvalue weighted by Gasteiger charge is 2.13. The molecule has 1 aliphatic carbocycles. The van der Waals surface area contributed by atoms with Crippen LogP contribution in [-0.2, 0) is 12.8 Å². The van der Waals surface area contributed by atoms with E-state index in [1.54, 1.807) is 0 Å². The highest BCUT2D eigenvalue weighted by atomic mass is 32.1.